The number of nitrogens with zero attached hydrogens (tertiary/aromatic N) is 3. The van der Waals surface area contributed by atoms with Gasteiger partial charge in [-0.2, -0.15) is 5.10 Å². The summed E-state index contributed by atoms with van der Waals surface area (Å²) >= 11 is 0. The second kappa shape index (κ2) is 7.15. The summed E-state index contributed by atoms with van der Waals surface area (Å²) < 4.78 is 25.5. The van der Waals surface area contributed by atoms with Gasteiger partial charge in [0.05, 0.1) is 0 Å². The number of piperidine rings is 1. The lowest BCUT2D eigenvalue weighted by Gasteiger charge is -2.30. The third-order valence-corrected chi connectivity index (χ3v) is 3.57. The number of alkyl halides is 2. The highest BCUT2D eigenvalue weighted by molar-refractivity contribution is 5.92. The highest BCUT2D eigenvalue weighted by atomic mass is 19.3. The van der Waals surface area contributed by atoms with E-state index in [1.54, 1.807) is 4.90 Å². The molecule has 1 saturated heterocycles. The molecule has 1 fully saturated rings. The Bertz CT molecular complexity index is 551. The molecule has 0 spiro atoms. The summed E-state index contributed by atoms with van der Waals surface area (Å²) in [6.45, 7) is 3.94. The van der Waals surface area contributed by atoms with Crippen LogP contribution < -0.4 is 5.32 Å². The molecular weight excluding hydrogens is 294 g/mol. The van der Waals surface area contributed by atoms with Gasteiger partial charge in [0, 0.05) is 31.3 Å². The molecule has 0 aromatic carbocycles. The average Bonchev–Trinajstić information content (AvgIpc) is 2.92. The van der Waals surface area contributed by atoms with E-state index in [1.165, 1.54) is 18.3 Å². The van der Waals surface area contributed by atoms with Crippen LogP contribution in [0.5, 0.6) is 0 Å². The summed E-state index contributed by atoms with van der Waals surface area (Å²) in [7, 11) is 0. The smallest absolute Gasteiger partial charge is 0.257 e. The molecule has 1 N–H and O–H groups in total. The van der Waals surface area contributed by atoms with Crippen LogP contribution in [0.4, 0.5) is 14.6 Å². The maximum absolute atomic E-state index is 12.2. The second-order valence-corrected chi connectivity index (χ2v) is 5.11. The minimum absolute atomic E-state index is 0.135. The number of amides is 2. The monoisotopic (exact) mass is 312 g/mol. The van der Waals surface area contributed by atoms with Crippen molar-refractivity contribution in [2.24, 2.45) is 5.92 Å². The highest BCUT2D eigenvalue weighted by Gasteiger charge is 2.26. The fourth-order valence-corrected chi connectivity index (χ4v) is 2.39. The zero-order chi connectivity index (χ0) is 16.1. The molecule has 1 aliphatic rings. The van der Waals surface area contributed by atoms with Crippen LogP contribution in [-0.2, 0) is 16.1 Å². The molecule has 1 aliphatic heterocycles. The van der Waals surface area contributed by atoms with Crippen molar-refractivity contribution in [1.29, 1.82) is 0 Å². The molecule has 2 amide bonds. The Balaban J connectivity index is 1.84. The van der Waals surface area contributed by atoms with Gasteiger partial charge in [-0.3, -0.25) is 14.3 Å². The van der Waals surface area contributed by atoms with Crippen LogP contribution in [0.1, 0.15) is 12.8 Å². The van der Waals surface area contributed by atoms with Crippen molar-refractivity contribution in [2.75, 3.05) is 18.4 Å². The predicted molar refractivity (Wildman–Crippen MR) is 76.4 cm³/mol. The van der Waals surface area contributed by atoms with E-state index in [0.29, 0.717) is 25.9 Å². The lowest BCUT2D eigenvalue weighted by atomic mass is 9.96. The molecule has 0 unspecified atom stereocenters. The summed E-state index contributed by atoms with van der Waals surface area (Å²) in [5.74, 6) is -0.290. The largest absolute Gasteiger partial charge is 0.339 e. The maximum Gasteiger partial charge on any atom is 0.257 e. The number of nitrogens with one attached hydrogen (secondary N) is 1. The average molecular weight is 312 g/mol. The number of carbonyl (C=O) groups is 2. The van der Waals surface area contributed by atoms with Gasteiger partial charge >= 0.3 is 0 Å². The van der Waals surface area contributed by atoms with E-state index >= 15 is 0 Å². The van der Waals surface area contributed by atoms with E-state index in [9.17, 15) is 18.4 Å². The molecule has 1 aromatic rings. The van der Waals surface area contributed by atoms with E-state index in [-0.39, 0.29) is 23.6 Å². The molecule has 2 heterocycles. The standard InChI is InChI=1S/C14H18F2N4O2/c1-2-13(21)19-6-3-10(4-7-19)14(22)17-12-5-8-20(18-12)9-11(15)16/h2,5,8,10-11H,1,3-4,6-7,9H2,(H,17,18,22). The molecule has 0 atom stereocenters. The molecule has 120 valence electrons. The lowest BCUT2D eigenvalue weighted by molar-refractivity contribution is -0.130. The minimum Gasteiger partial charge on any atom is -0.339 e. The molecule has 6 nitrogen and oxygen atoms in total. The Hall–Kier alpha value is -2.25. The maximum atomic E-state index is 12.2. The van der Waals surface area contributed by atoms with Crippen LogP contribution >= 0.6 is 0 Å². The molecule has 2 rings (SSSR count). The Morgan fingerprint density at radius 2 is 2.14 bits per heavy atom. The third-order valence-electron chi connectivity index (χ3n) is 3.57. The van der Waals surface area contributed by atoms with E-state index in [0.717, 1.165) is 4.68 Å². The summed E-state index contributed by atoms with van der Waals surface area (Å²) in [4.78, 5) is 25.2. The van der Waals surface area contributed by atoms with Crippen molar-refractivity contribution in [3.05, 3.63) is 24.9 Å². The van der Waals surface area contributed by atoms with Gasteiger partial charge in [-0.1, -0.05) is 6.58 Å². The number of anilines is 1. The zero-order valence-electron chi connectivity index (χ0n) is 12.0. The predicted octanol–water partition coefficient (Wildman–Crippen LogP) is 1.51. The topological polar surface area (TPSA) is 67.2 Å². The molecule has 0 radical (unpaired) electrons. The first-order chi connectivity index (χ1) is 10.5. The van der Waals surface area contributed by atoms with Crippen molar-refractivity contribution in [3.8, 4) is 0 Å². The van der Waals surface area contributed by atoms with Gasteiger partial charge in [-0.25, -0.2) is 8.78 Å². The summed E-state index contributed by atoms with van der Waals surface area (Å²) in [6, 6.07) is 1.48. The second-order valence-electron chi connectivity index (χ2n) is 5.11. The fraction of sp³-hybridized carbons (Fsp3) is 0.500. The van der Waals surface area contributed by atoms with E-state index in [1.807, 2.05) is 0 Å². The van der Waals surface area contributed by atoms with Crippen molar-refractivity contribution in [1.82, 2.24) is 14.7 Å². The Kier molecular flexibility index (Phi) is 5.24. The number of aromatic nitrogens is 2. The summed E-state index contributed by atoms with van der Waals surface area (Å²) in [6.07, 6.45) is 1.28. The Labute approximate surface area is 126 Å². The number of hydrogen-bond donors (Lipinski definition) is 1. The third kappa shape index (κ3) is 4.12. The Morgan fingerprint density at radius 1 is 1.45 bits per heavy atom. The number of halogens is 2. The first-order valence-corrected chi connectivity index (χ1v) is 7.03. The quantitative estimate of drug-likeness (QED) is 0.838. The van der Waals surface area contributed by atoms with E-state index in [2.05, 4.69) is 17.0 Å². The molecule has 22 heavy (non-hydrogen) atoms. The van der Waals surface area contributed by atoms with Gasteiger partial charge in [0.15, 0.2) is 5.82 Å². The number of carbonyl (C=O) groups excluding carboxylic acids is 2. The molecule has 1 aromatic heterocycles. The van der Waals surface area contributed by atoms with Gasteiger partial charge in [-0.15, -0.1) is 0 Å². The number of likely N-dealkylation sites (tertiary alicyclic amines) is 1. The normalized spacial score (nSPS) is 15.9. The van der Waals surface area contributed by atoms with E-state index < -0.39 is 13.0 Å². The van der Waals surface area contributed by atoms with Crippen molar-refractivity contribution in [3.63, 3.8) is 0 Å². The minimum atomic E-state index is -2.49. The van der Waals surface area contributed by atoms with Crippen molar-refractivity contribution >= 4 is 17.6 Å². The van der Waals surface area contributed by atoms with Crippen LogP contribution in [0.2, 0.25) is 0 Å². The van der Waals surface area contributed by atoms with Crippen LogP contribution in [0.3, 0.4) is 0 Å². The molecular formula is C14H18F2N4O2. The van der Waals surface area contributed by atoms with Gasteiger partial charge in [0.1, 0.15) is 6.54 Å². The number of hydrogen-bond acceptors (Lipinski definition) is 3. The summed E-state index contributed by atoms with van der Waals surface area (Å²) in [5, 5.41) is 6.49. The highest BCUT2D eigenvalue weighted by Crippen LogP contribution is 2.19. The van der Waals surface area contributed by atoms with Crippen LogP contribution in [0.25, 0.3) is 0 Å². The van der Waals surface area contributed by atoms with E-state index in [4.69, 9.17) is 0 Å². The Morgan fingerprint density at radius 3 is 2.73 bits per heavy atom. The van der Waals surface area contributed by atoms with Gasteiger partial charge in [-0.05, 0) is 18.9 Å². The zero-order valence-corrected chi connectivity index (χ0v) is 12.0. The molecule has 0 aliphatic carbocycles. The van der Waals surface area contributed by atoms with Gasteiger partial charge in [0.2, 0.25) is 11.8 Å². The van der Waals surface area contributed by atoms with Crippen LogP contribution in [-0.4, -0.2) is 46.0 Å². The SMILES string of the molecule is C=CC(=O)N1CCC(C(=O)Nc2ccn(CC(F)F)n2)CC1. The fourth-order valence-electron chi connectivity index (χ4n) is 2.39. The lowest BCUT2D eigenvalue weighted by Crippen LogP contribution is -2.40. The van der Waals surface area contributed by atoms with Crippen molar-refractivity contribution < 1.29 is 18.4 Å². The van der Waals surface area contributed by atoms with Crippen LogP contribution in [0.15, 0.2) is 24.9 Å². The first-order valence-electron chi connectivity index (χ1n) is 7.03. The first kappa shape index (κ1) is 16.1. The summed E-state index contributed by atoms with van der Waals surface area (Å²) in [5.41, 5.74) is 0. The number of rotatable bonds is 5. The van der Waals surface area contributed by atoms with Gasteiger partial charge in [0.25, 0.3) is 6.43 Å². The molecule has 0 saturated carbocycles. The molecule has 0 bridgehead atoms. The van der Waals surface area contributed by atoms with Crippen molar-refractivity contribution in [2.45, 2.75) is 25.8 Å². The van der Waals surface area contributed by atoms with Crippen LogP contribution in [0, 0.1) is 5.92 Å². The molecule has 8 heteroatoms. The van der Waals surface area contributed by atoms with Gasteiger partial charge < -0.3 is 10.2 Å².